The van der Waals surface area contributed by atoms with Crippen LogP contribution in [0.2, 0.25) is 5.02 Å². The molecule has 126 valence electrons. The Morgan fingerprint density at radius 1 is 1.12 bits per heavy atom. The first-order valence-electron chi connectivity index (χ1n) is 8.07. The summed E-state index contributed by atoms with van der Waals surface area (Å²) in [5, 5.41) is 9.73. The first-order valence-corrected chi connectivity index (χ1v) is 8.45. The summed E-state index contributed by atoms with van der Waals surface area (Å²) in [4.78, 5) is 13.4. The maximum absolute atomic E-state index is 11.6. The highest BCUT2D eigenvalue weighted by Crippen LogP contribution is 2.29. The Kier molecular flexibility index (Phi) is 5.38. The van der Waals surface area contributed by atoms with Gasteiger partial charge in [0.2, 0.25) is 5.91 Å². The summed E-state index contributed by atoms with van der Waals surface area (Å²) in [6.07, 6.45) is 1.58. The van der Waals surface area contributed by atoms with Crippen LogP contribution in [-0.2, 0) is 11.4 Å². The molecule has 1 fully saturated rings. The quantitative estimate of drug-likeness (QED) is 0.871. The third kappa shape index (κ3) is 4.08. The van der Waals surface area contributed by atoms with E-state index in [2.05, 4.69) is 0 Å². The molecule has 1 heterocycles. The molecule has 0 aliphatic carbocycles. The second-order valence-electron chi connectivity index (χ2n) is 5.86. The number of carbonyl (C=O) groups is 1. The molecule has 1 aliphatic heterocycles. The van der Waals surface area contributed by atoms with E-state index in [4.69, 9.17) is 21.4 Å². The largest absolute Gasteiger partial charge is 0.492 e. The van der Waals surface area contributed by atoms with Crippen molar-refractivity contribution >= 4 is 17.5 Å². The molecule has 24 heavy (non-hydrogen) atoms. The molecule has 0 aromatic heterocycles. The molecule has 2 aromatic carbocycles. The molecule has 0 atom stereocenters. The van der Waals surface area contributed by atoms with Gasteiger partial charge in [0.05, 0.1) is 13.2 Å². The first-order chi connectivity index (χ1) is 11.7. The van der Waals surface area contributed by atoms with Gasteiger partial charge in [-0.05, 0) is 41.3 Å². The normalized spacial score (nSPS) is 14.2. The smallest absolute Gasteiger partial charge is 0.222 e. The van der Waals surface area contributed by atoms with Crippen LogP contribution in [0.1, 0.15) is 18.4 Å². The van der Waals surface area contributed by atoms with Gasteiger partial charge in [-0.25, -0.2) is 0 Å². The van der Waals surface area contributed by atoms with E-state index in [1.807, 2.05) is 41.3 Å². The predicted molar refractivity (Wildman–Crippen MR) is 94.1 cm³/mol. The molecule has 1 saturated heterocycles. The van der Waals surface area contributed by atoms with Crippen molar-refractivity contribution in [2.75, 3.05) is 19.7 Å². The van der Waals surface area contributed by atoms with E-state index in [0.29, 0.717) is 30.3 Å². The summed E-state index contributed by atoms with van der Waals surface area (Å²) in [6, 6.07) is 13.3. The van der Waals surface area contributed by atoms with Gasteiger partial charge in [0, 0.05) is 18.0 Å². The van der Waals surface area contributed by atoms with Crippen LogP contribution >= 0.6 is 11.6 Å². The summed E-state index contributed by atoms with van der Waals surface area (Å²) < 4.78 is 5.79. The van der Waals surface area contributed by atoms with E-state index in [0.717, 1.165) is 29.7 Å². The minimum Gasteiger partial charge on any atom is -0.492 e. The topological polar surface area (TPSA) is 49.8 Å². The zero-order chi connectivity index (χ0) is 16.9. The lowest BCUT2D eigenvalue weighted by molar-refractivity contribution is -0.128. The number of likely N-dealkylation sites (tertiary alicyclic amines) is 1. The fraction of sp³-hybridized carbons (Fsp3) is 0.316. The monoisotopic (exact) mass is 345 g/mol. The minimum atomic E-state index is 0.0272. The number of nitrogens with zero attached hydrogens (tertiary/aromatic N) is 1. The molecule has 1 aliphatic rings. The average molecular weight is 346 g/mol. The van der Waals surface area contributed by atoms with Gasteiger partial charge in [-0.15, -0.1) is 0 Å². The molecule has 0 spiro atoms. The van der Waals surface area contributed by atoms with Crippen LogP contribution in [0.25, 0.3) is 11.1 Å². The molecule has 3 rings (SSSR count). The summed E-state index contributed by atoms with van der Waals surface area (Å²) in [7, 11) is 0. The van der Waals surface area contributed by atoms with Crippen molar-refractivity contribution in [2.45, 2.75) is 19.4 Å². The molecule has 0 unspecified atom stereocenters. The van der Waals surface area contributed by atoms with Crippen molar-refractivity contribution < 1.29 is 14.6 Å². The number of rotatable bonds is 6. The first kappa shape index (κ1) is 16.8. The molecule has 1 amide bonds. The number of amides is 1. The maximum atomic E-state index is 11.6. The van der Waals surface area contributed by atoms with Gasteiger partial charge in [0.15, 0.2) is 0 Å². The Bertz CT molecular complexity index is 715. The zero-order valence-electron chi connectivity index (χ0n) is 13.4. The van der Waals surface area contributed by atoms with E-state index in [1.54, 1.807) is 6.07 Å². The number of carbonyl (C=O) groups excluding carboxylic acids is 1. The van der Waals surface area contributed by atoms with E-state index >= 15 is 0 Å². The van der Waals surface area contributed by atoms with E-state index < -0.39 is 0 Å². The van der Waals surface area contributed by atoms with Crippen LogP contribution in [-0.4, -0.2) is 35.6 Å². The van der Waals surface area contributed by atoms with Crippen molar-refractivity contribution in [2.24, 2.45) is 0 Å². The minimum absolute atomic E-state index is 0.0272. The Labute approximate surface area is 146 Å². The Hall–Kier alpha value is -2.04. The maximum Gasteiger partial charge on any atom is 0.222 e. The highest BCUT2D eigenvalue weighted by Gasteiger charge is 2.19. The summed E-state index contributed by atoms with van der Waals surface area (Å²) >= 11 is 6.20. The Balaban J connectivity index is 1.67. The molecule has 4 nitrogen and oxygen atoms in total. The molecule has 1 N–H and O–H groups in total. The molecular weight excluding hydrogens is 326 g/mol. The summed E-state index contributed by atoms with van der Waals surface area (Å²) in [6.45, 7) is 1.90. The lowest BCUT2D eigenvalue weighted by Gasteiger charge is -2.16. The van der Waals surface area contributed by atoms with Crippen molar-refractivity contribution in [3.05, 3.63) is 53.1 Å². The summed E-state index contributed by atoms with van der Waals surface area (Å²) in [5.41, 5.74) is 2.83. The Morgan fingerprint density at radius 3 is 2.58 bits per heavy atom. The average Bonchev–Trinajstić information content (AvgIpc) is 3.00. The third-order valence-electron chi connectivity index (χ3n) is 4.14. The predicted octanol–water partition coefficient (Wildman–Crippen LogP) is 3.50. The molecule has 0 saturated carbocycles. The highest BCUT2D eigenvalue weighted by atomic mass is 35.5. The molecule has 2 aromatic rings. The molecular formula is C19H20ClNO3. The van der Waals surface area contributed by atoms with E-state index in [9.17, 15) is 4.79 Å². The van der Waals surface area contributed by atoms with Gasteiger partial charge < -0.3 is 14.7 Å². The highest BCUT2D eigenvalue weighted by molar-refractivity contribution is 6.31. The fourth-order valence-corrected chi connectivity index (χ4v) is 3.05. The van der Waals surface area contributed by atoms with E-state index in [1.165, 1.54) is 0 Å². The van der Waals surface area contributed by atoms with Crippen LogP contribution in [0, 0.1) is 0 Å². The van der Waals surface area contributed by atoms with Gasteiger partial charge in [-0.1, -0.05) is 35.9 Å². The number of benzene rings is 2. The summed E-state index contributed by atoms with van der Waals surface area (Å²) in [5.74, 6) is 0.893. The number of aliphatic hydroxyl groups excluding tert-OH is 1. The Morgan fingerprint density at radius 2 is 1.92 bits per heavy atom. The van der Waals surface area contributed by atoms with Crippen molar-refractivity contribution in [1.29, 1.82) is 0 Å². The third-order valence-corrected chi connectivity index (χ3v) is 4.36. The number of ether oxygens (including phenoxy) is 1. The van der Waals surface area contributed by atoms with Crippen molar-refractivity contribution in [1.82, 2.24) is 4.90 Å². The SMILES string of the molecule is O=C1CCCN1CCOc1cc(Cl)cc(-c2ccc(CO)cc2)c1. The van der Waals surface area contributed by atoms with Crippen molar-refractivity contribution in [3.8, 4) is 16.9 Å². The number of hydrogen-bond acceptors (Lipinski definition) is 3. The van der Waals surface area contributed by atoms with Crippen LogP contribution in [0.3, 0.4) is 0 Å². The van der Waals surface area contributed by atoms with Crippen LogP contribution < -0.4 is 4.74 Å². The molecule has 5 heteroatoms. The van der Waals surface area contributed by atoms with Crippen LogP contribution in [0.15, 0.2) is 42.5 Å². The van der Waals surface area contributed by atoms with Gasteiger partial charge in [-0.2, -0.15) is 0 Å². The molecule has 0 bridgehead atoms. The second kappa shape index (κ2) is 7.69. The van der Waals surface area contributed by atoms with Gasteiger partial charge in [-0.3, -0.25) is 4.79 Å². The van der Waals surface area contributed by atoms with E-state index in [-0.39, 0.29) is 12.5 Å². The van der Waals surface area contributed by atoms with Crippen LogP contribution in [0.4, 0.5) is 0 Å². The lowest BCUT2D eigenvalue weighted by Crippen LogP contribution is -2.29. The van der Waals surface area contributed by atoms with Crippen molar-refractivity contribution in [3.63, 3.8) is 0 Å². The second-order valence-corrected chi connectivity index (χ2v) is 6.30. The van der Waals surface area contributed by atoms with Gasteiger partial charge in [0.25, 0.3) is 0 Å². The number of hydrogen-bond donors (Lipinski definition) is 1. The standard InChI is InChI=1S/C19H20ClNO3/c20-17-10-16(15-5-3-14(13-22)4-6-15)11-18(12-17)24-9-8-21-7-1-2-19(21)23/h3-6,10-12,22H,1-2,7-9,13H2. The number of halogens is 1. The number of aliphatic hydroxyl groups is 1. The zero-order valence-corrected chi connectivity index (χ0v) is 14.1. The van der Waals surface area contributed by atoms with Gasteiger partial charge in [0.1, 0.15) is 12.4 Å². The van der Waals surface area contributed by atoms with Crippen LogP contribution in [0.5, 0.6) is 5.75 Å². The molecule has 0 radical (unpaired) electrons. The van der Waals surface area contributed by atoms with Gasteiger partial charge >= 0.3 is 0 Å². The fourth-order valence-electron chi connectivity index (χ4n) is 2.83. The lowest BCUT2D eigenvalue weighted by atomic mass is 10.0.